The van der Waals surface area contributed by atoms with Gasteiger partial charge in [-0.3, -0.25) is 4.79 Å². The van der Waals surface area contributed by atoms with Gasteiger partial charge in [-0.1, -0.05) is 29.8 Å². The van der Waals surface area contributed by atoms with Gasteiger partial charge in [-0.2, -0.15) is 0 Å². The molecule has 0 atom stereocenters. The van der Waals surface area contributed by atoms with Crippen molar-refractivity contribution in [1.82, 2.24) is 4.90 Å². The number of halogens is 1. The minimum atomic E-state index is -1.26. The van der Waals surface area contributed by atoms with Gasteiger partial charge in [0.1, 0.15) is 5.54 Å². The summed E-state index contributed by atoms with van der Waals surface area (Å²) in [5.41, 5.74) is -0.555. The zero-order valence-corrected chi connectivity index (χ0v) is 11.8. The molecule has 102 valence electrons. The molecule has 0 spiro atoms. The summed E-state index contributed by atoms with van der Waals surface area (Å²) in [6.45, 7) is 2.94. The van der Waals surface area contributed by atoms with Gasteiger partial charge in [0.2, 0.25) is 5.91 Å². The van der Waals surface area contributed by atoms with E-state index >= 15 is 0 Å². The van der Waals surface area contributed by atoms with Crippen molar-refractivity contribution >= 4 is 29.6 Å². The van der Waals surface area contributed by atoms with Crippen LogP contribution in [0.2, 0.25) is 5.02 Å². The standard InChI is InChI=1S/C14H16ClNO3/c1-14(2,13(18)19)16(3)12(17)9-8-10-6-4-5-7-11(10)15/h4-9H,1-3H3,(H,18,19). The van der Waals surface area contributed by atoms with Crippen molar-refractivity contribution in [2.75, 3.05) is 7.05 Å². The maximum absolute atomic E-state index is 11.9. The number of benzene rings is 1. The molecule has 0 aliphatic rings. The van der Waals surface area contributed by atoms with Crippen LogP contribution in [0.1, 0.15) is 19.4 Å². The third kappa shape index (κ3) is 3.58. The number of rotatable bonds is 4. The van der Waals surface area contributed by atoms with Crippen LogP contribution < -0.4 is 0 Å². The van der Waals surface area contributed by atoms with Crippen molar-refractivity contribution in [3.63, 3.8) is 0 Å². The highest BCUT2D eigenvalue weighted by molar-refractivity contribution is 6.32. The van der Waals surface area contributed by atoms with Crippen LogP contribution in [-0.2, 0) is 9.59 Å². The Labute approximate surface area is 117 Å². The molecule has 0 aliphatic heterocycles. The first-order valence-electron chi connectivity index (χ1n) is 5.70. The summed E-state index contributed by atoms with van der Waals surface area (Å²) in [4.78, 5) is 24.1. The highest BCUT2D eigenvalue weighted by Gasteiger charge is 2.34. The number of aliphatic carboxylic acids is 1. The fourth-order valence-electron chi connectivity index (χ4n) is 1.30. The van der Waals surface area contributed by atoms with Gasteiger partial charge >= 0.3 is 5.97 Å². The Balaban J connectivity index is 2.86. The first kappa shape index (κ1) is 15.2. The van der Waals surface area contributed by atoms with Crippen molar-refractivity contribution in [3.8, 4) is 0 Å². The lowest BCUT2D eigenvalue weighted by Crippen LogP contribution is -2.50. The number of carboxylic acids is 1. The van der Waals surface area contributed by atoms with Crippen LogP contribution in [0.15, 0.2) is 30.3 Å². The molecule has 1 aromatic rings. The average molecular weight is 282 g/mol. The number of carbonyl (C=O) groups is 2. The van der Waals surface area contributed by atoms with Gasteiger partial charge in [0.15, 0.2) is 0 Å². The van der Waals surface area contributed by atoms with Crippen LogP contribution in [0.25, 0.3) is 6.08 Å². The quantitative estimate of drug-likeness (QED) is 0.863. The van der Waals surface area contributed by atoms with E-state index < -0.39 is 17.4 Å². The number of carbonyl (C=O) groups excluding carboxylic acids is 1. The van der Waals surface area contributed by atoms with Crippen molar-refractivity contribution < 1.29 is 14.7 Å². The molecule has 0 unspecified atom stereocenters. The van der Waals surface area contributed by atoms with Crippen molar-refractivity contribution in [2.24, 2.45) is 0 Å². The summed E-state index contributed by atoms with van der Waals surface area (Å²) in [6.07, 6.45) is 2.88. The van der Waals surface area contributed by atoms with E-state index in [1.807, 2.05) is 0 Å². The molecule has 1 amide bonds. The first-order valence-corrected chi connectivity index (χ1v) is 6.08. The average Bonchev–Trinajstić information content (AvgIpc) is 2.36. The van der Waals surface area contributed by atoms with Crippen LogP contribution in [0.5, 0.6) is 0 Å². The summed E-state index contributed by atoms with van der Waals surface area (Å²) in [7, 11) is 1.45. The molecular formula is C14H16ClNO3. The van der Waals surface area contributed by atoms with Gasteiger partial charge in [-0.15, -0.1) is 0 Å². The second-order valence-electron chi connectivity index (χ2n) is 4.62. The summed E-state index contributed by atoms with van der Waals surface area (Å²) >= 11 is 5.96. The lowest BCUT2D eigenvalue weighted by molar-refractivity contribution is -0.153. The number of hydrogen-bond donors (Lipinski definition) is 1. The van der Waals surface area contributed by atoms with E-state index in [9.17, 15) is 9.59 Å². The Morgan fingerprint density at radius 3 is 2.42 bits per heavy atom. The third-order valence-corrected chi connectivity index (χ3v) is 3.35. The number of carboxylic acid groups (broad SMARTS) is 1. The molecule has 19 heavy (non-hydrogen) atoms. The van der Waals surface area contributed by atoms with Gasteiger partial charge in [0.05, 0.1) is 0 Å². The summed E-state index contributed by atoms with van der Waals surface area (Å²) in [6, 6.07) is 7.09. The predicted octanol–water partition coefficient (Wildman–Crippen LogP) is 2.67. The zero-order chi connectivity index (χ0) is 14.6. The molecule has 5 heteroatoms. The molecule has 4 nitrogen and oxygen atoms in total. The highest BCUT2D eigenvalue weighted by Crippen LogP contribution is 2.17. The minimum absolute atomic E-state index is 0.396. The van der Waals surface area contributed by atoms with Gasteiger partial charge in [0.25, 0.3) is 0 Å². The van der Waals surface area contributed by atoms with Crippen molar-refractivity contribution in [1.29, 1.82) is 0 Å². The largest absolute Gasteiger partial charge is 0.480 e. The third-order valence-electron chi connectivity index (χ3n) is 3.00. The van der Waals surface area contributed by atoms with E-state index in [0.717, 1.165) is 0 Å². The Kier molecular flexibility index (Phi) is 4.72. The number of amides is 1. The molecule has 0 saturated carbocycles. The zero-order valence-electron chi connectivity index (χ0n) is 11.1. The van der Waals surface area contributed by atoms with E-state index in [4.69, 9.17) is 16.7 Å². The fraction of sp³-hybridized carbons (Fsp3) is 0.286. The van der Waals surface area contributed by atoms with E-state index in [2.05, 4.69) is 0 Å². The number of likely N-dealkylation sites (N-methyl/N-ethyl adjacent to an activating group) is 1. The van der Waals surface area contributed by atoms with Crippen molar-refractivity contribution in [3.05, 3.63) is 40.9 Å². The number of nitrogens with zero attached hydrogens (tertiary/aromatic N) is 1. The Morgan fingerprint density at radius 1 is 1.32 bits per heavy atom. The molecule has 0 fully saturated rings. The molecule has 0 bridgehead atoms. The molecule has 1 rings (SSSR count). The molecule has 0 radical (unpaired) electrons. The predicted molar refractivity (Wildman–Crippen MR) is 75.0 cm³/mol. The van der Waals surface area contributed by atoms with Gasteiger partial charge in [0, 0.05) is 18.1 Å². The monoisotopic (exact) mass is 281 g/mol. The van der Waals surface area contributed by atoms with Crippen LogP contribution in [-0.4, -0.2) is 34.5 Å². The first-order chi connectivity index (χ1) is 8.76. The highest BCUT2D eigenvalue weighted by atomic mass is 35.5. The maximum atomic E-state index is 11.9. The van der Waals surface area contributed by atoms with Crippen LogP contribution in [0.4, 0.5) is 0 Å². The lowest BCUT2D eigenvalue weighted by Gasteiger charge is -2.30. The van der Waals surface area contributed by atoms with Gasteiger partial charge < -0.3 is 10.0 Å². The molecule has 1 N–H and O–H groups in total. The van der Waals surface area contributed by atoms with Crippen LogP contribution in [0, 0.1) is 0 Å². The van der Waals surface area contributed by atoms with E-state index in [1.165, 1.54) is 31.9 Å². The molecule has 1 aromatic carbocycles. The number of hydrogen-bond acceptors (Lipinski definition) is 2. The van der Waals surface area contributed by atoms with E-state index in [1.54, 1.807) is 30.3 Å². The molecule has 0 aliphatic carbocycles. The smallest absolute Gasteiger partial charge is 0.329 e. The van der Waals surface area contributed by atoms with E-state index in [-0.39, 0.29) is 0 Å². The molecule has 0 aromatic heterocycles. The summed E-state index contributed by atoms with van der Waals surface area (Å²) in [5.74, 6) is -1.46. The van der Waals surface area contributed by atoms with Gasteiger partial charge in [-0.05, 0) is 31.6 Å². The van der Waals surface area contributed by atoms with Gasteiger partial charge in [-0.25, -0.2) is 4.79 Å². The fourth-order valence-corrected chi connectivity index (χ4v) is 1.50. The second kappa shape index (κ2) is 5.89. The Morgan fingerprint density at radius 2 is 1.89 bits per heavy atom. The second-order valence-corrected chi connectivity index (χ2v) is 5.02. The van der Waals surface area contributed by atoms with E-state index in [0.29, 0.717) is 10.6 Å². The molecule has 0 heterocycles. The minimum Gasteiger partial charge on any atom is -0.480 e. The summed E-state index contributed by atoms with van der Waals surface area (Å²) < 4.78 is 0. The maximum Gasteiger partial charge on any atom is 0.329 e. The Hall–Kier alpha value is -1.81. The van der Waals surface area contributed by atoms with Crippen LogP contribution in [0.3, 0.4) is 0 Å². The topological polar surface area (TPSA) is 57.6 Å². The van der Waals surface area contributed by atoms with Crippen molar-refractivity contribution in [2.45, 2.75) is 19.4 Å². The summed E-state index contributed by atoms with van der Waals surface area (Å²) in [5, 5.41) is 9.58. The van der Waals surface area contributed by atoms with Crippen LogP contribution >= 0.6 is 11.6 Å². The molecular weight excluding hydrogens is 266 g/mol. The normalized spacial score (nSPS) is 11.6. The lowest BCUT2D eigenvalue weighted by atomic mass is 10.0. The Bertz CT molecular complexity index is 523. The molecule has 0 saturated heterocycles. The SMILES string of the molecule is CN(C(=O)C=Cc1ccccc1Cl)C(C)(C)C(=O)O.